The molecule has 0 aromatic heterocycles. The van der Waals surface area contributed by atoms with Gasteiger partial charge in [-0.25, -0.2) is 0 Å². The molecule has 0 aliphatic carbocycles. The highest BCUT2D eigenvalue weighted by Gasteiger charge is 1.91. The van der Waals surface area contributed by atoms with Crippen LogP contribution in [0.4, 0.5) is 0 Å². The van der Waals surface area contributed by atoms with Gasteiger partial charge in [0.2, 0.25) is 0 Å². The smallest absolute Gasteiger partial charge is 0.0592 e. The van der Waals surface area contributed by atoms with Gasteiger partial charge in [-0.05, 0) is 18.2 Å². The van der Waals surface area contributed by atoms with Gasteiger partial charge in [-0.15, -0.1) is 18.2 Å². The summed E-state index contributed by atoms with van der Waals surface area (Å²) in [7, 11) is 0. The van der Waals surface area contributed by atoms with Crippen molar-refractivity contribution in [1.29, 1.82) is 0 Å². The highest BCUT2D eigenvalue weighted by Crippen LogP contribution is 2.20. The summed E-state index contributed by atoms with van der Waals surface area (Å²) in [6, 6.07) is 7.67. The third-order valence-electron chi connectivity index (χ3n) is 1.12. The summed E-state index contributed by atoms with van der Waals surface area (Å²) in [5.74, 6) is 3.25. The molecule has 0 bridgehead atoms. The van der Waals surface area contributed by atoms with E-state index in [-0.39, 0.29) is 0 Å². The van der Waals surface area contributed by atoms with Gasteiger partial charge in [0.1, 0.15) is 0 Å². The third kappa shape index (κ3) is 2.88. The van der Waals surface area contributed by atoms with Crippen molar-refractivity contribution < 1.29 is 0 Å². The number of hydrogen-bond donors (Lipinski definition) is 0. The molecule has 0 N–H and O–H groups in total. The number of rotatable bonds is 2. The summed E-state index contributed by atoms with van der Waals surface area (Å²) in [5, 5.41) is 0.757. The third-order valence-corrected chi connectivity index (χ3v) is 2.25. The minimum absolute atomic E-state index is 0.695. The van der Waals surface area contributed by atoms with Crippen LogP contribution in [0.25, 0.3) is 0 Å². The van der Waals surface area contributed by atoms with Crippen molar-refractivity contribution in [3.05, 3.63) is 29.3 Å². The Balaban J connectivity index is 2.65. The number of halogens is 1. The maximum absolute atomic E-state index is 5.76. The van der Waals surface area contributed by atoms with Gasteiger partial charge >= 0.3 is 0 Å². The highest BCUT2D eigenvalue weighted by molar-refractivity contribution is 7.99. The van der Waals surface area contributed by atoms with E-state index in [2.05, 4.69) is 5.92 Å². The Morgan fingerprint density at radius 3 is 3.00 bits per heavy atom. The first kappa shape index (κ1) is 8.52. The second-order valence-electron chi connectivity index (χ2n) is 1.95. The summed E-state index contributed by atoms with van der Waals surface area (Å²) in [5.41, 5.74) is 0. The van der Waals surface area contributed by atoms with E-state index in [4.69, 9.17) is 18.0 Å². The Morgan fingerprint density at radius 2 is 2.36 bits per heavy atom. The molecule has 0 saturated heterocycles. The summed E-state index contributed by atoms with van der Waals surface area (Å²) in [4.78, 5) is 1.12. The minimum atomic E-state index is 0.695. The maximum Gasteiger partial charge on any atom is 0.0592 e. The molecule has 0 heterocycles. The zero-order valence-electron chi connectivity index (χ0n) is 5.88. The summed E-state index contributed by atoms with van der Waals surface area (Å²) in [6.45, 7) is 0. The lowest BCUT2D eigenvalue weighted by Gasteiger charge is -1.96. The molecule has 1 aromatic carbocycles. The first-order valence-electron chi connectivity index (χ1n) is 3.15. The van der Waals surface area contributed by atoms with E-state index in [1.165, 1.54) is 0 Å². The Bertz CT molecular complexity index is 275. The molecule has 0 fully saturated rings. The van der Waals surface area contributed by atoms with Crippen molar-refractivity contribution >= 4 is 23.4 Å². The molecule has 0 unspecified atom stereocenters. The van der Waals surface area contributed by atoms with Crippen molar-refractivity contribution in [1.82, 2.24) is 0 Å². The van der Waals surface area contributed by atoms with Crippen LogP contribution in [-0.4, -0.2) is 5.75 Å². The molecule has 2 heteroatoms. The van der Waals surface area contributed by atoms with E-state index >= 15 is 0 Å². The topological polar surface area (TPSA) is 0 Å². The minimum Gasteiger partial charge on any atom is -0.119 e. The summed E-state index contributed by atoms with van der Waals surface area (Å²) in [6.07, 6.45) is 5.11. The lowest BCUT2D eigenvalue weighted by molar-refractivity contribution is 1.46. The summed E-state index contributed by atoms with van der Waals surface area (Å²) >= 11 is 7.37. The van der Waals surface area contributed by atoms with Gasteiger partial charge < -0.3 is 0 Å². The fourth-order valence-electron chi connectivity index (χ4n) is 0.682. The second kappa shape index (κ2) is 4.33. The average molecular weight is 183 g/mol. The van der Waals surface area contributed by atoms with Gasteiger partial charge in [-0.3, -0.25) is 0 Å². The van der Waals surface area contributed by atoms with E-state index < -0.39 is 0 Å². The van der Waals surface area contributed by atoms with Crippen LogP contribution in [0, 0.1) is 12.3 Å². The second-order valence-corrected chi connectivity index (χ2v) is 3.44. The van der Waals surface area contributed by atoms with Crippen molar-refractivity contribution in [2.75, 3.05) is 5.75 Å². The molecule has 1 aromatic rings. The van der Waals surface area contributed by atoms with Crippen molar-refractivity contribution in [2.45, 2.75) is 4.90 Å². The molecule has 0 nitrogen and oxygen atoms in total. The fourth-order valence-corrected chi connectivity index (χ4v) is 1.57. The van der Waals surface area contributed by atoms with Crippen LogP contribution in [0.15, 0.2) is 29.2 Å². The molecule has 0 spiro atoms. The molecule has 1 rings (SSSR count). The van der Waals surface area contributed by atoms with Crippen LogP contribution < -0.4 is 0 Å². The van der Waals surface area contributed by atoms with Gasteiger partial charge in [0.25, 0.3) is 0 Å². The Kier molecular flexibility index (Phi) is 3.35. The van der Waals surface area contributed by atoms with Gasteiger partial charge in [0.15, 0.2) is 0 Å². The largest absolute Gasteiger partial charge is 0.119 e. The summed E-state index contributed by atoms with van der Waals surface area (Å²) < 4.78 is 0. The van der Waals surface area contributed by atoms with E-state index in [0.717, 1.165) is 9.92 Å². The number of hydrogen-bond acceptors (Lipinski definition) is 1. The highest BCUT2D eigenvalue weighted by atomic mass is 35.5. The number of benzene rings is 1. The predicted octanol–water partition coefficient (Wildman–Crippen LogP) is 3.07. The monoisotopic (exact) mass is 182 g/mol. The van der Waals surface area contributed by atoms with Crippen LogP contribution in [0.3, 0.4) is 0 Å². The zero-order chi connectivity index (χ0) is 8.10. The van der Waals surface area contributed by atoms with E-state index in [0.29, 0.717) is 5.75 Å². The van der Waals surface area contributed by atoms with Crippen LogP contribution in [0.5, 0.6) is 0 Å². The zero-order valence-corrected chi connectivity index (χ0v) is 7.45. The molecule has 0 aliphatic rings. The van der Waals surface area contributed by atoms with Crippen LogP contribution in [0.1, 0.15) is 0 Å². The lowest BCUT2D eigenvalue weighted by atomic mass is 10.4. The Hall–Kier alpha value is -0.580. The van der Waals surface area contributed by atoms with E-state index in [9.17, 15) is 0 Å². The molecule has 0 amide bonds. The average Bonchev–Trinajstić information content (AvgIpc) is 2.01. The molecule has 11 heavy (non-hydrogen) atoms. The van der Waals surface area contributed by atoms with Crippen LogP contribution >= 0.6 is 23.4 Å². The van der Waals surface area contributed by atoms with Crippen molar-refractivity contribution in [2.24, 2.45) is 0 Å². The molecular weight excluding hydrogens is 176 g/mol. The van der Waals surface area contributed by atoms with Crippen LogP contribution in [0.2, 0.25) is 5.02 Å². The fraction of sp³-hybridized carbons (Fsp3) is 0.111. The van der Waals surface area contributed by atoms with Gasteiger partial charge in [0, 0.05) is 9.92 Å². The Labute approximate surface area is 76.0 Å². The van der Waals surface area contributed by atoms with Crippen molar-refractivity contribution in [3.8, 4) is 12.3 Å². The number of terminal acetylenes is 1. The predicted molar refractivity (Wildman–Crippen MR) is 51.0 cm³/mol. The molecular formula is C9H7ClS. The van der Waals surface area contributed by atoms with Crippen molar-refractivity contribution in [3.63, 3.8) is 0 Å². The van der Waals surface area contributed by atoms with E-state index in [1.54, 1.807) is 11.8 Å². The van der Waals surface area contributed by atoms with Gasteiger partial charge in [0.05, 0.1) is 5.75 Å². The number of thioether (sulfide) groups is 1. The molecule has 0 saturated carbocycles. The molecule has 0 atom stereocenters. The van der Waals surface area contributed by atoms with Crippen LogP contribution in [-0.2, 0) is 0 Å². The molecule has 0 aliphatic heterocycles. The molecule has 0 radical (unpaired) electrons. The Morgan fingerprint density at radius 1 is 1.55 bits per heavy atom. The normalized spacial score (nSPS) is 9.09. The van der Waals surface area contributed by atoms with Gasteiger partial charge in [-0.2, -0.15) is 0 Å². The first-order valence-corrected chi connectivity index (χ1v) is 4.51. The maximum atomic E-state index is 5.76. The quantitative estimate of drug-likeness (QED) is 0.501. The lowest BCUT2D eigenvalue weighted by Crippen LogP contribution is -1.72. The van der Waals surface area contributed by atoms with E-state index in [1.807, 2.05) is 24.3 Å². The standard InChI is InChI=1S/C9H7ClS/c1-2-6-11-9-5-3-4-8(10)7-9/h1,3-5,7H,6H2. The van der Waals surface area contributed by atoms with Gasteiger partial charge in [-0.1, -0.05) is 23.6 Å². The SMILES string of the molecule is C#CCSc1cccc(Cl)c1. The first-order chi connectivity index (χ1) is 5.33. The molecule has 56 valence electrons.